The summed E-state index contributed by atoms with van der Waals surface area (Å²) in [4.78, 5) is 21.6. The van der Waals surface area contributed by atoms with E-state index >= 15 is 0 Å². The molecule has 1 amide bonds. The van der Waals surface area contributed by atoms with E-state index in [0.29, 0.717) is 5.56 Å². The quantitative estimate of drug-likeness (QED) is 0.882. The average molecular weight is 321 g/mol. The van der Waals surface area contributed by atoms with Gasteiger partial charge in [0.25, 0.3) is 5.91 Å². The Labute approximate surface area is 132 Å². The molecule has 0 aliphatic heterocycles. The summed E-state index contributed by atoms with van der Waals surface area (Å²) < 4.78 is 29.9. The van der Waals surface area contributed by atoms with Gasteiger partial charge in [-0.2, -0.15) is 0 Å². The smallest absolute Gasteiger partial charge is 0.338 e. The van der Waals surface area contributed by atoms with Gasteiger partial charge in [-0.05, 0) is 44.2 Å². The third-order valence-electron chi connectivity index (χ3n) is 2.55. The van der Waals surface area contributed by atoms with E-state index in [2.05, 4.69) is 0 Å². The molecule has 23 heavy (non-hydrogen) atoms. The highest BCUT2D eigenvalue weighted by Crippen LogP contribution is 2.08. The lowest BCUT2D eigenvalue weighted by Crippen LogP contribution is -2.13. The molecule has 0 unspecified atom stereocenters. The van der Waals surface area contributed by atoms with Crippen molar-refractivity contribution in [3.8, 4) is 0 Å². The molecular weight excluding hydrogens is 304 g/mol. The molecule has 0 aliphatic carbocycles. The fourth-order valence-corrected chi connectivity index (χ4v) is 1.54. The van der Waals surface area contributed by atoms with Gasteiger partial charge in [0.05, 0.1) is 17.2 Å². The van der Waals surface area contributed by atoms with Crippen molar-refractivity contribution in [2.75, 3.05) is 0 Å². The maximum atomic E-state index is 12.6. The van der Waals surface area contributed by atoms with Crippen molar-refractivity contribution in [1.82, 2.24) is 0 Å². The maximum absolute atomic E-state index is 12.6. The molecule has 122 valence electrons. The van der Waals surface area contributed by atoms with Crippen molar-refractivity contribution in [2.45, 2.75) is 20.0 Å². The number of amides is 1. The van der Waals surface area contributed by atoms with E-state index in [9.17, 15) is 18.4 Å². The number of ether oxygens (including phenoxy) is 1. The van der Waals surface area contributed by atoms with E-state index in [1.807, 2.05) is 32.0 Å². The van der Waals surface area contributed by atoms with Crippen LogP contribution in [0, 0.1) is 11.6 Å². The van der Waals surface area contributed by atoms with E-state index < -0.39 is 23.1 Å². The van der Waals surface area contributed by atoms with E-state index in [-0.39, 0.29) is 12.1 Å². The van der Waals surface area contributed by atoms with E-state index in [4.69, 9.17) is 10.5 Å². The minimum absolute atomic E-state index is 0.0577. The highest BCUT2D eigenvalue weighted by Gasteiger charge is 2.08. The van der Waals surface area contributed by atoms with Gasteiger partial charge in [-0.25, -0.2) is 13.6 Å². The van der Waals surface area contributed by atoms with Gasteiger partial charge in [-0.1, -0.05) is 18.2 Å². The Bertz CT molecular complexity index is 673. The third-order valence-corrected chi connectivity index (χ3v) is 2.55. The molecule has 0 heterocycles. The summed E-state index contributed by atoms with van der Waals surface area (Å²) in [5.74, 6) is -2.72. The molecule has 2 rings (SSSR count). The second-order valence-corrected chi connectivity index (χ2v) is 4.81. The van der Waals surface area contributed by atoms with Gasteiger partial charge in [0.15, 0.2) is 0 Å². The van der Waals surface area contributed by atoms with Crippen LogP contribution in [0.4, 0.5) is 8.78 Å². The van der Waals surface area contributed by atoms with Crippen LogP contribution in [-0.2, 0) is 4.74 Å². The van der Waals surface area contributed by atoms with Crippen molar-refractivity contribution in [2.24, 2.45) is 5.73 Å². The summed E-state index contributed by atoms with van der Waals surface area (Å²) in [5, 5.41) is 0. The van der Waals surface area contributed by atoms with Crippen LogP contribution >= 0.6 is 0 Å². The molecule has 6 heteroatoms. The molecule has 2 aromatic rings. The zero-order chi connectivity index (χ0) is 17.4. The number of nitrogens with two attached hydrogens (primary N) is 1. The number of hydrogen-bond donors (Lipinski definition) is 1. The normalized spacial score (nSPS) is 9.78. The van der Waals surface area contributed by atoms with Gasteiger partial charge < -0.3 is 10.5 Å². The number of primary amides is 1. The first-order valence-electron chi connectivity index (χ1n) is 6.82. The van der Waals surface area contributed by atoms with Crippen LogP contribution in [0.15, 0.2) is 48.5 Å². The molecule has 2 N–H and O–H groups in total. The summed E-state index contributed by atoms with van der Waals surface area (Å²) in [6.07, 6.45) is -0.0577. The minimum atomic E-state index is -0.970. The fourth-order valence-electron chi connectivity index (χ4n) is 1.54. The van der Waals surface area contributed by atoms with E-state index in [0.717, 1.165) is 18.2 Å². The zero-order valence-electron chi connectivity index (χ0n) is 12.8. The first-order valence-corrected chi connectivity index (χ1v) is 6.82. The highest BCUT2D eigenvalue weighted by atomic mass is 19.1. The predicted molar refractivity (Wildman–Crippen MR) is 81.9 cm³/mol. The van der Waals surface area contributed by atoms with Gasteiger partial charge in [0.1, 0.15) is 11.6 Å². The number of halogens is 2. The molecule has 0 bridgehead atoms. The van der Waals surface area contributed by atoms with Crippen LogP contribution in [0.3, 0.4) is 0 Å². The van der Waals surface area contributed by atoms with Crippen molar-refractivity contribution in [1.29, 1.82) is 0 Å². The van der Waals surface area contributed by atoms with Crippen molar-refractivity contribution >= 4 is 11.9 Å². The van der Waals surface area contributed by atoms with Gasteiger partial charge in [-0.15, -0.1) is 0 Å². The molecule has 0 spiro atoms. The Balaban J connectivity index is 0.000000231. The molecule has 0 saturated heterocycles. The lowest BCUT2D eigenvalue weighted by molar-refractivity contribution is 0.0378. The second-order valence-electron chi connectivity index (χ2n) is 4.81. The first-order chi connectivity index (χ1) is 10.8. The molecule has 0 radical (unpaired) electrons. The highest BCUT2D eigenvalue weighted by molar-refractivity contribution is 5.93. The Morgan fingerprint density at radius 1 is 1.04 bits per heavy atom. The van der Waals surface area contributed by atoms with Gasteiger partial charge in [0.2, 0.25) is 0 Å². The predicted octanol–water partition coefficient (Wildman–Crippen LogP) is 3.32. The number of carbonyl (C=O) groups is 2. The number of carbonyl (C=O) groups excluding carboxylic acids is 2. The summed E-state index contributed by atoms with van der Waals surface area (Å²) in [5.41, 5.74) is 4.91. The van der Waals surface area contributed by atoms with Crippen LogP contribution in [0.25, 0.3) is 0 Å². The minimum Gasteiger partial charge on any atom is -0.459 e. The van der Waals surface area contributed by atoms with Crippen LogP contribution in [-0.4, -0.2) is 18.0 Å². The largest absolute Gasteiger partial charge is 0.459 e. The van der Waals surface area contributed by atoms with E-state index in [1.54, 1.807) is 12.1 Å². The van der Waals surface area contributed by atoms with Crippen molar-refractivity contribution in [3.05, 3.63) is 71.3 Å². The monoisotopic (exact) mass is 321 g/mol. The molecule has 0 aliphatic rings. The van der Waals surface area contributed by atoms with Gasteiger partial charge in [-0.3, -0.25) is 4.79 Å². The molecule has 2 aromatic carbocycles. The first kappa shape index (κ1) is 18.3. The van der Waals surface area contributed by atoms with Gasteiger partial charge >= 0.3 is 5.97 Å². The van der Waals surface area contributed by atoms with Gasteiger partial charge in [0, 0.05) is 0 Å². The molecule has 0 aromatic heterocycles. The zero-order valence-corrected chi connectivity index (χ0v) is 12.8. The summed E-state index contributed by atoms with van der Waals surface area (Å²) in [6, 6.07) is 11.5. The topological polar surface area (TPSA) is 69.4 Å². The lowest BCUT2D eigenvalue weighted by atomic mass is 10.2. The number of rotatable bonds is 3. The summed E-state index contributed by atoms with van der Waals surface area (Å²) in [7, 11) is 0. The molecule has 4 nitrogen and oxygen atoms in total. The maximum Gasteiger partial charge on any atom is 0.338 e. The Morgan fingerprint density at radius 2 is 1.65 bits per heavy atom. The third kappa shape index (κ3) is 6.25. The number of benzene rings is 2. The van der Waals surface area contributed by atoms with Crippen LogP contribution in [0.5, 0.6) is 0 Å². The Morgan fingerprint density at radius 3 is 2.13 bits per heavy atom. The fraction of sp³-hybridized carbons (Fsp3) is 0.176. The molecule has 0 saturated carbocycles. The van der Waals surface area contributed by atoms with E-state index in [1.165, 1.54) is 0 Å². The summed E-state index contributed by atoms with van der Waals surface area (Å²) in [6.45, 7) is 3.67. The van der Waals surface area contributed by atoms with Crippen LogP contribution in [0.2, 0.25) is 0 Å². The van der Waals surface area contributed by atoms with Crippen molar-refractivity contribution < 1.29 is 23.1 Å². The lowest BCUT2D eigenvalue weighted by Gasteiger charge is -2.06. The van der Waals surface area contributed by atoms with Crippen LogP contribution < -0.4 is 5.73 Å². The van der Waals surface area contributed by atoms with Crippen molar-refractivity contribution in [3.63, 3.8) is 0 Å². The second kappa shape index (κ2) is 8.63. The Hall–Kier alpha value is -2.76. The standard InChI is InChI=1S/C10H12O2.C7H5F2NO/c1-8(2)12-10(11)9-6-4-3-5-7-9;8-4-1-2-6(9)5(3-4)7(10)11/h3-8H,1-2H3;1-3H,(H2,10,11). The van der Waals surface area contributed by atoms with Crippen LogP contribution in [0.1, 0.15) is 34.6 Å². The number of esters is 1. The Kier molecular flexibility index (Phi) is 6.86. The SMILES string of the molecule is CC(C)OC(=O)c1ccccc1.NC(=O)c1cc(F)ccc1F. The molecular formula is C17H17F2NO3. The average Bonchev–Trinajstić information content (AvgIpc) is 2.50. The molecule has 0 fully saturated rings. The summed E-state index contributed by atoms with van der Waals surface area (Å²) >= 11 is 0. The molecule has 0 atom stereocenters. The number of hydrogen-bond acceptors (Lipinski definition) is 3.